The summed E-state index contributed by atoms with van der Waals surface area (Å²) in [6.07, 6.45) is 6.50. The molecule has 0 spiro atoms. The lowest BCUT2D eigenvalue weighted by molar-refractivity contribution is -0.141. The first-order chi connectivity index (χ1) is 30.2. The van der Waals surface area contributed by atoms with Crippen LogP contribution in [0.25, 0.3) is 22.4 Å². The summed E-state index contributed by atoms with van der Waals surface area (Å²) in [7, 11) is -3.55. The van der Waals surface area contributed by atoms with E-state index < -0.39 is 56.9 Å². The number of fused-ring (bicyclic) bond motifs is 1. The van der Waals surface area contributed by atoms with Crippen LogP contribution in [0.15, 0.2) is 84.6 Å². The third-order valence-corrected chi connectivity index (χ3v) is 13.3. The average molecular weight is 891 g/mol. The molecule has 0 bridgehead atoms. The molecule has 3 aliphatic heterocycles. The van der Waals surface area contributed by atoms with E-state index in [1.165, 1.54) is 35.9 Å². The molecule has 4 aliphatic rings. The molecule has 3 aromatic heterocycles. The zero-order valence-corrected chi connectivity index (χ0v) is 35.2. The van der Waals surface area contributed by atoms with Gasteiger partial charge in [-0.15, -0.1) is 11.3 Å². The minimum atomic E-state index is -3.55. The molecule has 3 N–H and O–H groups in total. The van der Waals surface area contributed by atoms with Gasteiger partial charge in [-0.1, -0.05) is 24.3 Å². The van der Waals surface area contributed by atoms with Crippen LogP contribution in [-0.2, 0) is 34.6 Å². The van der Waals surface area contributed by atoms with E-state index in [9.17, 15) is 42.0 Å². The van der Waals surface area contributed by atoms with Crippen molar-refractivity contribution in [2.45, 2.75) is 37.1 Å². The molecule has 1 unspecified atom stereocenters. The highest BCUT2D eigenvalue weighted by molar-refractivity contribution is 7.89. The van der Waals surface area contributed by atoms with Crippen molar-refractivity contribution in [3.05, 3.63) is 107 Å². The van der Waals surface area contributed by atoms with Crippen molar-refractivity contribution >= 4 is 67.8 Å². The van der Waals surface area contributed by atoms with Gasteiger partial charge in [0, 0.05) is 55.0 Å². The summed E-state index contributed by atoms with van der Waals surface area (Å²) in [4.78, 5) is 102. The minimum Gasteiger partial charge on any atom is -0.492 e. The zero-order valence-electron chi connectivity index (χ0n) is 33.5. The van der Waals surface area contributed by atoms with E-state index in [1.807, 2.05) is 36.4 Å². The van der Waals surface area contributed by atoms with E-state index in [-0.39, 0.29) is 60.3 Å². The number of carbonyl (C=O) groups is 7. The van der Waals surface area contributed by atoms with Gasteiger partial charge in [0.25, 0.3) is 17.7 Å². The van der Waals surface area contributed by atoms with Crippen LogP contribution in [0.3, 0.4) is 0 Å². The van der Waals surface area contributed by atoms with Gasteiger partial charge < -0.3 is 20.3 Å². The number of anilines is 1. The molecule has 2 saturated heterocycles. The van der Waals surface area contributed by atoms with Crippen LogP contribution in [0.5, 0.6) is 5.75 Å². The Morgan fingerprint density at radius 2 is 1.73 bits per heavy atom. The summed E-state index contributed by atoms with van der Waals surface area (Å²) in [5.74, 6) is -3.32. The fraction of sp³-hybridized carbons (Fsp3) is 0.279. The maximum Gasteiger partial charge on any atom is 0.266 e. The standard InChI is InChI=1S/C43H38N8O10S2/c1-63(59,60)50-15-11-28(21-50)37(54)45-18-35(53)48-42-46-30(23-62-42)27-5-2-4-25(16-27)26-10-14-44-33(17-26)43(12-13-43)41(58)49-19-24(20-49)22-61-32-7-3-6-29-36(32)40(57)51(39(29)56)31-8-9-34(52)47-38(31)55/h2-7,10-11,14-17,21,23-24,31H,8-9,12-13,18-20,22H2,1H3,(H,45,54)(H,46,48,53)(H,47,52,55). The SMILES string of the molecule is CS(=O)(=O)n1ccc(C(=O)NCC(=O)Nc2nc(-c3cccc(-c4ccnc(C5(C(=O)N6CC(COc7cccc8c7C(=O)N(C7CCC(=O)NC7=O)C8=O)C6)CC5)c4)c3)cs2)c1. The van der Waals surface area contributed by atoms with Crippen molar-refractivity contribution in [2.75, 3.05) is 37.8 Å². The van der Waals surface area contributed by atoms with E-state index >= 15 is 0 Å². The van der Waals surface area contributed by atoms with Gasteiger partial charge in [-0.3, -0.25) is 52.7 Å². The Bertz CT molecular complexity index is 2880. The molecular formula is C43H38N8O10S2. The first-order valence-corrected chi connectivity index (χ1v) is 22.7. The molecule has 322 valence electrons. The van der Waals surface area contributed by atoms with Crippen LogP contribution in [0.4, 0.5) is 5.13 Å². The number of aromatic nitrogens is 3. The largest absolute Gasteiger partial charge is 0.492 e. The van der Waals surface area contributed by atoms with E-state index in [0.29, 0.717) is 42.5 Å². The summed E-state index contributed by atoms with van der Waals surface area (Å²) >= 11 is 1.22. The molecule has 2 aromatic carbocycles. The number of imide groups is 2. The van der Waals surface area contributed by atoms with Gasteiger partial charge in [0.05, 0.1) is 52.9 Å². The molecule has 1 saturated carbocycles. The third-order valence-electron chi connectivity index (χ3n) is 11.5. The summed E-state index contributed by atoms with van der Waals surface area (Å²) in [5, 5.41) is 9.46. The lowest BCUT2D eigenvalue weighted by atomic mass is 9.92. The summed E-state index contributed by atoms with van der Waals surface area (Å²) in [5.41, 5.74) is 3.39. The molecule has 1 atom stereocenters. The molecular weight excluding hydrogens is 853 g/mol. The van der Waals surface area contributed by atoms with Crippen LogP contribution in [0, 0.1) is 5.92 Å². The smallest absolute Gasteiger partial charge is 0.266 e. The second kappa shape index (κ2) is 16.0. The second-order valence-electron chi connectivity index (χ2n) is 15.9. The quantitative estimate of drug-likeness (QED) is 0.145. The molecule has 0 radical (unpaired) electrons. The van der Waals surface area contributed by atoms with Crippen molar-refractivity contribution in [1.82, 2.24) is 34.4 Å². The Balaban J connectivity index is 0.793. The number of nitrogens with zero attached hydrogens (tertiary/aromatic N) is 5. The van der Waals surface area contributed by atoms with Gasteiger partial charge in [-0.25, -0.2) is 13.4 Å². The van der Waals surface area contributed by atoms with Crippen LogP contribution < -0.4 is 20.7 Å². The van der Waals surface area contributed by atoms with E-state index in [0.717, 1.165) is 31.8 Å². The summed E-state index contributed by atoms with van der Waals surface area (Å²) in [6.45, 7) is 0.737. The van der Waals surface area contributed by atoms with Crippen molar-refractivity contribution in [2.24, 2.45) is 5.92 Å². The van der Waals surface area contributed by atoms with Crippen LogP contribution in [0.2, 0.25) is 0 Å². The number of hydrogen-bond acceptors (Lipinski definition) is 13. The molecule has 1 aliphatic carbocycles. The Kier molecular flexibility index (Phi) is 10.5. The Hall–Kier alpha value is -7.06. The minimum absolute atomic E-state index is 0.0129. The predicted molar refractivity (Wildman–Crippen MR) is 226 cm³/mol. The Labute approximate surface area is 363 Å². The fourth-order valence-electron chi connectivity index (χ4n) is 8.00. The number of piperidine rings is 1. The van der Waals surface area contributed by atoms with Gasteiger partial charge in [0.1, 0.15) is 11.8 Å². The molecule has 6 heterocycles. The predicted octanol–water partition coefficient (Wildman–Crippen LogP) is 2.82. The number of carbonyl (C=O) groups excluding carboxylic acids is 7. The van der Waals surface area contributed by atoms with E-state index in [1.54, 1.807) is 28.6 Å². The highest BCUT2D eigenvalue weighted by Gasteiger charge is 2.56. The average Bonchev–Trinajstić information content (AvgIpc) is 3.53. The molecule has 3 fully saturated rings. The molecule has 9 rings (SSSR count). The Morgan fingerprint density at radius 3 is 2.48 bits per heavy atom. The topological polar surface area (TPSA) is 236 Å². The highest BCUT2D eigenvalue weighted by Crippen LogP contribution is 2.50. The monoisotopic (exact) mass is 890 g/mol. The van der Waals surface area contributed by atoms with Gasteiger partial charge >= 0.3 is 0 Å². The lowest BCUT2D eigenvalue weighted by Crippen LogP contribution is -2.55. The normalized spacial score (nSPS) is 18.1. The number of amides is 7. The van der Waals surface area contributed by atoms with Crippen molar-refractivity contribution in [1.29, 1.82) is 0 Å². The number of ether oxygens (including phenoxy) is 1. The molecule has 63 heavy (non-hydrogen) atoms. The highest BCUT2D eigenvalue weighted by atomic mass is 32.2. The van der Waals surface area contributed by atoms with Crippen LogP contribution in [-0.4, -0.2) is 112 Å². The first kappa shape index (κ1) is 41.3. The Morgan fingerprint density at radius 1 is 0.968 bits per heavy atom. The van der Waals surface area contributed by atoms with E-state index in [4.69, 9.17) is 4.74 Å². The first-order valence-electron chi connectivity index (χ1n) is 19.9. The van der Waals surface area contributed by atoms with Crippen LogP contribution >= 0.6 is 11.3 Å². The van der Waals surface area contributed by atoms with Gasteiger partial charge in [0.15, 0.2) is 5.13 Å². The van der Waals surface area contributed by atoms with Gasteiger partial charge in [-0.2, -0.15) is 0 Å². The van der Waals surface area contributed by atoms with Gasteiger partial charge in [-0.05, 0) is 66.8 Å². The third kappa shape index (κ3) is 7.98. The maximum absolute atomic E-state index is 14.0. The summed E-state index contributed by atoms with van der Waals surface area (Å²) < 4.78 is 30.4. The molecule has 20 heteroatoms. The number of likely N-dealkylation sites (tertiary alicyclic amines) is 1. The molecule has 7 amide bonds. The number of pyridine rings is 1. The number of nitrogens with one attached hydrogen (secondary N) is 3. The maximum atomic E-state index is 14.0. The lowest BCUT2D eigenvalue weighted by Gasteiger charge is -2.41. The van der Waals surface area contributed by atoms with Crippen molar-refractivity contribution in [3.8, 4) is 28.1 Å². The van der Waals surface area contributed by atoms with Crippen LogP contribution in [0.1, 0.15) is 62.5 Å². The van der Waals surface area contributed by atoms with Gasteiger partial charge in [0.2, 0.25) is 33.7 Å². The summed E-state index contributed by atoms with van der Waals surface area (Å²) in [6, 6.07) is 16.5. The molecule has 5 aromatic rings. The van der Waals surface area contributed by atoms with E-state index in [2.05, 4.69) is 25.9 Å². The fourth-order valence-corrected chi connectivity index (χ4v) is 9.32. The zero-order chi connectivity index (χ0) is 44.2. The van der Waals surface area contributed by atoms with Crippen molar-refractivity contribution in [3.63, 3.8) is 0 Å². The molecule has 18 nitrogen and oxygen atoms in total. The second-order valence-corrected chi connectivity index (χ2v) is 18.6. The number of benzene rings is 2. The van der Waals surface area contributed by atoms with Crippen molar-refractivity contribution < 1.29 is 46.7 Å². The number of rotatable bonds is 13. The number of hydrogen-bond donors (Lipinski definition) is 3. The number of thiazole rings is 1.